The highest BCUT2D eigenvalue weighted by Crippen LogP contribution is 2.50. The Morgan fingerprint density at radius 2 is 1.13 bits per heavy atom. The smallest absolute Gasteiger partial charge is 0.0158 e. The van der Waals surface area contributed by atoms with Gasteiger partial charge >= 0.3 is 0 Å². The fourth-order valence-electron chi connectivity index (χ4n) is 3.69. The van der Waals surface area contributed by atoms with Gasteiger partial charge in [0, 0.05) is 5.41 Å². The van der Waals surface area contributed by atoms with E-state index in [2.05, 4.69) is 91.8 Å². The molecular formula is C23H30. The molecule has 0 saturated carbocycles. The van der Waals surface area contributed by atoms with Gasteiger partial charge < -0.3 is 0 Å². The summed E-state index contributed by atoms with van der Waals surface area (Å²) in [6, 6.07) is 14.2. The second-order valence-corrected chi connectivity index (χ2v) is 9.65. The van der Waals surface area contributed by atoms with Gasteiger partial charge in [0.1, 0.15) is 0 Å². The molecule has 122 valence electrons. The molecule has 0 aliphatic heterocycles. The third-order valence-corrected chi connectivity index (χ3v) is 5.41. The molecule has 2 aromatic rings. The summed E-state index contributed by atoms with van der Waals surface area (Å²) in [5, 5.41) is 0. The Morgan fingerprint density at radius 1 is 0.609 bits per heavy atom. The molecule has 2 aromatic carbocycles. The van der Waals surface area contributed by atoms with Crippen LogP contribution in [0.5, 0.6) is 0 Å². The van der Waals surface area contributed by atoms with Gasteiger partial charge in [0.15, 0.2) is 0 Å². The lowest BCUT2D eigenvalue weighted by molar-refractivity contribution is 0.583. The normalized spacial score (nSPS) is 16.2. The van der Waals surface area contributed by atoms with E-state index in [4.69, 9.17) is 0 Å². The van der Waals surface area contributed by atoms with Gasteiger partial charge in [-0.25, -0.2) is 0 Å². The van der Waals surface area contributed by atoms with Crippen molar-refractivity contribution in [2.24, 2.45) is 0 Å². The van der Waals surface area contributed by atoms with E-state index in [0.29, 0.717) is 0 Å². The molecule has 0 heterocycles. The van der Waals surface area contributed by atoms with Crippen molar-refractivity contribution in [3.05, 3.63) is 58.7 Å². The van der Waals surface area contributed by atoms with E-state index in [-0.39, 0.29) is 16.2 Å². The van der Waals surface area contributed by atoms with Crippen LogP contribution in [0.15, 0.2) is 36.4 Å². The van der Waals surface area contributed by atoms with Crippen LogP contribution < -0.4 is 0 Å². The first kappa shape index (κ1) is 16.3. The molecule has 0 bridgehead atoms. The average Bonchev–Trinajstić information content (AvgIpc) is 2.65. The molecule has 0 aromatic heterocycles. The van der Waals surface area contributed by atoms with Crippen LogP contribution in [0, 0.1) is 0 Å². The summed E-state index contributed by atoms with van der Waals surface area (Å²) >= 11 is 0. The monoisotopic (exact) mass is 306 g/mol. The fourth-order valence-corrected chi connectivity index (χ4v) is 3.69. The summed E-state index contributed by atoms with van der Waals surface area (Å²) in [4.78, 5) is 0. The molecule has 0 atom stereocenters. The Bertz CT molecular complexity index is 762. The van der Waals surface area contributed by atoms with Crippen LogP contribution in [0.1, 0.15) is 77.6 Å². The van der Waals surface area contributed by atoms with Crippen LogP contribution in [0.25, 0.3) is 11.1 Å². The molecule has 0 saturated heterocycles. The molecule has 1 aliphatic carbocycles. The minimum absolute atomic E-state index is 0.0857. The first-order valence-corrected chi connectivity index (χ1v) is 8.73. The summed E-state index contributed by atoms with van der Waals surface area (Å²) in [5.74, 6) is 0. The minimum atomic E-state index is 0.0857. The van der Waals surface area contributed by atoms with Gasteiger partial charge in [-0.05, 0) is 44.2 Å². The molecule has 23 heavy (non-hydrogen) atoms. The van der Waals surface area contributed by atoms with Gasteiger partial charge in [0.2, 0.25) is 0 Å². The maximum Gasteiger partial charge on any atom is 0.0158 e. The third-order valence-electron chi connectivity index (χ3n) is 5.41. The number of fused-ring (bicyclic) bond motifs is 3. The quantitative estimate of drug-likeness (QED) is 0.515. The van der Waals surface area contributed by atoms with Crippen molar-refractivity contribution in [1.82, 2.24) is 0 Å². The molecule has 0 heteroatoms. The first-order chi connectivity index (χ1) is 10.4. The zero-order valence-corrected chi connectivity index (χ0v) is 16.0. The van der Waals surface area contributed by atoms with E-state index < -0.39 is 0 Å². The molecule has 0 unspecified atom stereocenters. The predicted molar refractivity (Wildman–Crippen MR) is 101 cm³/mol. The van der Waals surface area contributed by atoms with Crippen molar-refractivity contribution in [3.63, 3.8) is 0 Å². The Morgan fingerprint density at radius 3 is 1.70 bits per heavy atom. The van der Waals surface area contributed by atoms with Crippen LogP contribution in [0.2, 0.25) is 0 Å². The summed E-state index contributed by atoms with van der Waals surface area (Å²) in [6.45, 7) is 18.5. The van der Waals surface area contributed by atoms with E-state index >= 15 is 0 Å². The number of hydrogen-bond donors (Lipinski definition) is 0. The van der Waals surface area contributed by atoms with Gasteiger partial charge in [-0.1, -0.05) is 91.8 Å². The highest BCUT2D eigenvalue weighted by atomic mass is 14.4. The van der Waals surface area contributed by atoms with E-state index in [0.717, 1.165) is 0 Å². The second-order valence-electron chi connectivity index (χ2n) is 9.65. The van der Waals surface area contributed by atoms with Gasteiger partial charge in [-0.3, -0.25) is 0 Å². The predicted octanol–water partition coefficient (Wildman–Crippen LogP) is 6.59. The maximum absolute atomic E-state index is 2.44. The first-order valence-electron chi connectivity index (χ1n) is 8.73. The second kappa shape index (κ2) is 4.72. The van der Waals surface area contributed by atoms with Gasteiger partial charge in [0.25, 0.3) is 0 Å². The van der Waals surface area contributed by atoms with E-state index in [1.54, 1.807) is 0 Å². The lowest BCUT2D eigenvalue weighted by atomic mass is 9.78. The molecule has 0 nitrogen and oxygen atoms in total. The van der Waals surface area contributed by atoms with Crippen molar-refractivity contribution in [2.75, 3.05) is 0 Å². The Balaban J connectivity index is 2.24. The Kier molecular flexibility index (Phi) is 3.35. The van der Waals surface area contributed by atoms with Crippen LogP contribution in [-0.2, 0) is 16.2 Å². The molecule has 0 radical (unpaired) electrons. The summed E-state index contributed by atoms with van der Waals surface area (Å²) in [7, 11) is 0. The molecule has 0 N–H and O–H groups in total. The van der Waals surface area contributed by atoms with Gasteiger partial charge in [-0.2, -0.15) is 0 Å². The number of rotatable bonds is 0. The van der Waals surface area contributed by atoms with E-state index in [9.17, 15) is 0 Å². The number of hydrogen-bond acceptors (Lipinski definition) is 0. The summed E-state index contributed by atoms with van der Waals surface area (Å²) in [6.07, 6.45) is 0. The van der Waals surface area contributed by atoms with E-state index in [1.165, 1.54) is 33.4 Å². The molecule has 0 fully saturated rings. The van der Waals surface area contributed by atoms with Crippen LogP contribution in [0.4, 0.5) is 0 Å². The molecule has 0 amide bonds. The average molecular weight is 306 g/mol. The Hall–Kier alpha value is -1.56. The zero-order valence-electron chi connectivity index (χ0n) is 16.0. The summed E-state index contributed by atoms with van der Waals surface area (Å²) < 4.78 is 0. The lowest BCUT2D eigenvalue weighted by Crippen LogP contribution is -2.18. The van der Waals surface area contributed by atoms with Gasteiger partial charge in [-0.15, -0.1) is 0 Å². The number of benzene rings is 2. The van der Waals surface area contributed by atoms with Crippen LogP contribution in [-0.4, -0.2) is 0 Å². The van der Waals surface area contributed by atoms with Crippen molar-refractivity contribution in [3.8, 4) is 11.1 Å². The highest BCUT2D eigenvalue weighted by Gasteiger charge is 2.36. The standard InChI is InChI=1S/C23H30/c1-21(2,3)15-10-12-19-18(13-15)17-11-9-16(22(4,5)6)14-20(17)23(19,7)8/h9-14H,1-8H3. The zero-order chi connectivity index (χ0) is 17.2. The molecule has 0 spiro atoms. The van der Waals surface area contributed by atoms with Crippen LogP contribution >= 0.6 is 0 Å². The fraction of sp³-hybridized carbons (Fsp3) is 0.478. The largest absolute Gasteiger partial charge is 0.0582 e. The SMILES string of the molecule is CC(C)(C)c1ccc2c(c1)-c1ccc(C(C)(C)C)cc1C2(C)C. The minimum Gasteiger partial charge on any atom is -0.0582 e. The lowest BCUT2D eigenvalue weighted by Gasteiger charge is -2.25. The molecule has 3 rings (SSSR count). The Labute approximate surface area is 141 Å². The van der Waals surface area contributed by atoms with Crippen molar-refractivity contribution in [1.29, 1.82) is 0 Å². The third kappa shape index (κ3) is 2.53. The van der Waals surface area contributed by atoms with E-state index in [1.807, 2.05) is 0 Å². The van der Waals surface area contributed by atoms with Crippen molar-refractivity contribution >= 4 is 0 Å². The van der Waals surface area contributed by atoms with Crippen LogP contribution in [0.3, 0.4) is 0 Å². The maximum atomic E-state index is 2.44. The molecule has 1 aliphatic rings. The molecular weight excluding hydrogens is 276 g/mol. The highest BCUT2D eigenvalue weighted by molar-refractivity contribution is 5.81. The van der Waals surface area contributed by atoms with Crippen molar-refractivity contribution < 1.29 is 0 Å². The summed E-state index contributed by atoms with van der Waals surface area (Å²) in [5.41, 5.74) is 9.10. The van der Waals surface area contributed by atoms with Gasteiger partial charge in [0.05, 0.1) is 0 Å². The topological polar surface area (TPSA) is 0 Å². The van der Waals surface area contributed by atoms with Crippen molar-refractivity contribution in [2.45, 2.75) is 71.6 Å².